The van der Waals surface area contributed by atoms with Gasteiger partial charge in [0, 0.05) is 6.54 Å². The SMILES string of the molecule is CC1CCCC2(C1)C(=O)NC(=O)N2CC(=O)NCC1CC1. The summed E-state index contributed by atoms with van der Waals surface area (Å²) in [6, 6.07) is -0.421. The Labute approximate surface area is 124 Å². The summed E-state index contributed by atoms with van der Waals surface area (Å²) in [5, 5.41) is 5.27. The fraction of sp³-hybridized carbons (Fsp3) is 0.800. The highest BCUT2D eigenvalue weighted by molar-refractivity contribution is 6.08. The van der Waals surface area contributed by atoms with Gasteiger partial charge >= 0.3 is 6.03 Å². The summed E-state index contributed by atoms with van der Waals surface area (Å²) in [6.45, 7) is 2.77. The third-order valence-electron chi connectivity index (χ3n) is 4.96. The topological polar surface area (TPSA) is 78.5 Å². The van der Waals surface area contributed by atoms with Crippen molar-refractivity contribution in [3.05, 3.63) is 0 Å². The molecular weight excluding hydrogens is 270 g/mol. The van der Waals surface area contributed by atoms with Gasteiger partial charge in [-0.2, -0.15) is 0 Å². The Morgan fingerprint density at radius 3 is 2.81 bits per heavy atom. The number of rotatable bonds is 4. The molecule has 2 N–H and O–H groups in total. The first-order chi connectivity index (χ1) is 10.0. The lowest BCUT2D eigenvalue weighted by molar-refractivity contribution is -0.131. The number of nitrogens with one attached hydrogen (secondary N) is 2. The highest BCUT2D eigenvalue weighted by Gasteiger charge is 2.54. The molecule has 1 aliphatic heterocycles. The molecule has 2 unspecified atom stereocenters. The van der Waals surface area contributed by atoms with Crippen molar-refractivity contribution >= 4 is 17.8 Å². The molecule has 0 aromatic rings. The van der Waals surface area contributed by atoms with Gasteiger partial charge in [0.05, 0.1) is 0 Å². The first kappa shape index (κ1) is 14.4. The Morgan fingerprint density at radius 1 is 1.38 bits per heavy atom. The van der Waals surface area contributed by atoms with E-state index in [0.29, 0.717) is 31.2 Å². The molecule has 1 spiro atoms. The van der Waals surface area contributed by atoms with Crippen LogP contribution >= 0.6 is 0 Å². The fourth-order valence-electron chi connectivity index (χ4n) is 3.58. The van der Waals surface area contributed by atoms with Crippen molar-refractivity contribution in [2.45, 2.75) is 51.0 Å². The Balaban J connectivity index is 1.69. The summed E-state index contributed by atoms with van der Waals surface area (Å²) in [7, 11) is 0. The number of hydrogen-bond donors (Lipinski definition) is 2. The molecule has 3 rings (SSSR count). The van der Waals surface area contributed by atoms with Gasteiger partial charge < -0.3 is 10.2 Å². The first-order valence-corrected chi connectivity index (χ1v) is 7.91. The van der Waals surface area contributed by atoms with Gasteiger partial charge in [-0.1, -0.05) is 19.8 Å². The smallest absolute Gasteiger partial charge is 0.325 e. The second kappa shape index (κ2) is 5.31. The molecule has 0 aromatic carbocycles. The van der Waals surface area contributed by atoms with E-state index in [0.717, 1.165) is 12.8 Å². The predicted molar refractivity (Wildman–Crippen MR) is 76.3 cm³/mol. The molecule has 6 nitrogen and oxygen atoms in total. The van der Waals surface area contributed by atoms with Crippen molar-refractivity contribution in [1.82, 2.24) is 15.5 Å². The minimum absolute atomic E-state index is 0.0169. The van der Waals surface area contributed by atoms with Crippen molar-refractivity contribution in [1.29, 1.82) is 0 Å². The molecule has 1 heterocycles. The van der Waals surface area contributed by atoms with Crippen molar-refractivity contribution < 1.29 is 14.4 Å². The molecule has 0 bridgehead atoms. The zero-order chi connectivity index (χ0) is 15.0. The summed E-state index contributed by atoms with van der Waals surface area (Å²) in [5.74, 6) is 0.609. The van der Waals surface area contributed by atoms with Gasteiger partial charge in [-0.05, 0) is 37.5 Å². The number of urea groups is 1. The van der Waals surface area contributed by atoms with E-state index in [9.17, 15) is 14.4 Å². The Morgan fingerprint density at radius 2 is 2.14 bits per heavy atom. The minimum Gasteiger partial charge on any atom is -0.354 e. The van der Waals surface area contributed by atoms with Crippen LogP contribution in [0.1, 0.15) is 45.4 Å². The van der Waals surface area contributed by atoms with E-state index in [1.54, 1.807) is 0 Å². The molecule has 3 fully saturated rings. The number of imide groups is 1. The Hall–Kier alpha value is -1.59. The maximum absolute atomic E-state index is 12.3. The van der Waals surface area contributed by atoms with E-state index in [1.165, 1.54) is 17.7 Å². The van der Waals surface area contributed by atoms with E-state index in [4.69, 9.17) is 0 Å². The molecule has 6 heteroatoms. The molecule has 1 saturated heterocycles. The molecule has 0 aromatic heterocycles. The molecular formula is C15H23N3O3. The maximum atomic E-state index is 12.3. The zero-order valence-corrected chi connectivity index (χ0v) is 12.5. The molecule has 2 saturated carbocycles. The molecule has 116 valence electrons. The lowest BCUT2D eigenvalue weighted by Crippen LogP contribution is -2.55. The largest absolute Gasteiger partial charge is 0.354 e. The quantitative estimate of drug-likeness (QED) is 0.759. The van der Waals surface area contributed by atoms with Gasteiger partial charge in [0.2, 0.25) is 5.91 Å². The van der Waals surface area contributed by atoms with Crippen molar-refractivity contribution in [3.8, 4) is 0 Å². The van der Waals surface area contributed by atoms with Gasteiger partial charge in [-0.25, -0.2) is 4.79 Å². The lowest BCUT2D eigenvalue weighted by atomic mass is 9.75. The Bertz CT molecular complexity index is 475. The van der Waals surface area contributed by atoms with Crippen LogP contribution in [-0.2, 0) is 9.59 Å². The van der Waals surface area contributed by atoms with Crippen molar-refractivity contribution in [2.75, 3.05) is 13.1 Å². The van der Waals surface area contributed by atoms with Gasteiger partial charge in [0.25, 0.3) is 5.91 Å². The van der Waals surface area contributed by atoms with Crippen molar-refractivity contribution in [3.63, 3.8) is 0 Å². The van der Waals surface area contributed by atoms with E-state index in [2.05, 4.69) is 17.6 Å². The van der Waals surface area contributed by atoms with Gasteiger partial charge in [-0.3, -0.25) is 14.9 Å². The van der Waals surface area contributed by atoms with Crippen LogP contribution in [0.25, 0.3) is 0 Å². The standard InChI is InChI=1S/C15H23N3O3/c1-10-3-2-6-15(7-10)13(20)17-14(21)18(15)9-12(19)16-8-11-4-5-11/h10-11H,2-9H2,1H3,(H,16,19)(H,17,20,21). The highest BCUT2D eigenvalue weighted by atomic mass is 16.2. The van der Waals surface area contributed by atoms with Crippen LogP contribution < -0.4 is 10.6 Å². The average Bonchev–Trinajstić information content (AvgIpc) is 3.23. The summed E-state index contributed by atoms with van der Waals surface area (Å²) < 4.78 is 0. The minimum atomic E-state index is -0.800. The van der Waals surface area contributed by atoms with Crippen LogP contribution in [0.15, 0.2) is 0 Å². The summed E-state index contributed by atoms with van der Waals surface area (Å²) in [5.41, 5.74) is -0.800. The number of carbonyl (C=O) groups excluding carboxylic acids is 3. The second-order valence-corrected chi connectivity index (χ2v) is 6.83. The number of amides is 4. The van der Waals surface area contributed by atoms with Gasteiger partial charge in [0.1, 0.15) is 12.1 Å². The van der Waals surface area contributed by atoms with E-state index >= 15 is 0 Å². The van der Waals surface area contributed by atoms with Crippen molar-refractivity contribution in [2.24, 2.45) is 11.8 Å². The van der Waals surface area contributed by atoms with E-state index < -0.39 is 11.6 Å². The normalized spacial score (nSPS) is 32.4. The molecule has 4 amide bonds. The molecule has 2 aliphatic carbocycles. The lowest BCUT2D eigenvalue weighted by Gasteiger charge is -2.40. The highest BCUT2D eigenvalue weighted by Crippen LogP contribution is 2.39. The first-order valence-electron chi connectivity index (χ1n) is 7.91. The van der Waals surface area contributed by atoms with Crippen LogP contribution in [0.2, 0.25) is 0 Å². The predicted octanol–water partition coefficient (Wildman–Crippen LogP) is 1.01. The monoisotopic (exact) mass is 293 g/mol. The molecule has 2 atom stereocenters. The summed E-state index contributed by atoms with van der Waals surface area (Å²) >= 11 is 0. The van der Waals surface area contributed by atoms with Crippen LogP contribution in [0.3, 0.4) is 0 Å². The Kier molecular flexibility index (Phi) is 3.63. The number of nitrogens with zero attached hydrogens (tertiary/aromatic N) is 1. The number of carbonyl (C=O) groups is 3. The average molecular weight is 293 g/mol. The number of hydrogen-bond acceptors (Lipinski definition) is 3. The van der Waals surface area contributed by atoms with Gasteiger partial charge in [0.15, 0.2) is 0 Å². The van der Waals surface area contributed by atoms with Crippen LogP contribution in [-0.4, -0.2) is 41.4 Å². The van der Waals surface area contributed by atoms with Crippen LogP contribution in [0.4, 0.5) is 4.79 Å². The maximum Gasteiger partial charge on any atom is 0.325 e. The molecule has 21 heavy (non-hydrogen) atoms. The van der Waals surface area contributed by atoms with Crippen LogP contribution in [0, 0.1) is 11.8 Å². The molecule has 0 radical (unpaired) electrons. The van der Waals surface area contributed by atoms with Gasteiger partial charge in [-0.15, -0.1) is 0 Å². The van der Waals surface area contributed by atoms with Crippen LogP contribution in [0.5, 0.6) is 0 Å². The zero-order valence-electron chi connectivity index (χ0n) is 12.5. The second-order valence-electron chi connectivity index (χ2n) is 6.83. The van der Waals surface area contributed by atoms with E-state index in [-0.39, 0.29) is 18.4 Å². The summed E-state index contributed by atoms with van der Waals surface area (Å²) in [6.07, 6.45) is 5.65. The summed E-state index contributed by atoms with van der Waals surface area (Å²) in [4.78, 5) is 37.8. The van der Waals surface area contributed by atoms with E-state index in [1.807, 2.05) is 0 Å². The fourth-order valence-corrected chi connectivity index (χ4v) is 3.58. The third kappa shape index (κ3) is 2.76. The molecule has 3 aliphatic rings. The third-order valence-corrected chi connectivity index (χ3v) is 4.96.